The summed E-state index contributed by atoms with van der Waals surface area (Å²) in [6, 6.07) is 22.6. The Bertz CT molecular complexity index is 1600. The maximum atomic E-state index is 6.46. The van der Waals surface area contributed by atoms with E-state index in [1.165, 1.54) is 66.5 Å². The van der Waals surface area contributed by atoms with Crippen LogP contribution in [0.1, 0.15) is 48.6 Å². The lowest BCUT2D eigenvalue weighted by atomic mass is 9.34. The van der Waals surface area contributed by atoms with Crippen molar-refractivity contribution in [2.45, 2.75) is 53.9 Å². The van der Waals surface area contributed by atoms with Crippen molar-refractivity contribution < 1.29 is 4.74 Å². The predicted octanol–water partition coefficient (Wildman–Crippen LogP) is 5.22. The van der Waals surface area contributed by atoms with Gasteiger partial charge in [0.25, 0.3) is 6.71 Å². The van der Waals surface area contributed by atoms with Gasteiger partial charge in [-0.15, -0.1) is 0 Å². The SMILES string of the molecule is CSN1c2cc(C)c(B3c4ccccc4Oc4cc(C)cc(C)c43)cc2[B]c2c(C)cc(C(C)(C)C)cc21. The van der Waals surface area contributed by atoms with Crippen LogP contribution in [0, 0.1) is 27.7 Å². The number of rotatable bonds is 2. The summed E-state index contributed by atoms with van der Waals surface area (Å²) in [6.45, 7) is 15.9. The molecule has 0 atom stereocenters. The molecular weight excluding hydrogens is 480 g/mol. The smallest absolute Gasteiger partial charge is 0.251 e. The van der Waals surface area contributed by atoms with Gasteiger partial charge in [0.05, 0.1) is 0 Å². The minimum absolute atomic E-state index is 0.101. The summed E-state index contributed by atoms with van der Waals surface area (Å²) in [5.74, 6) is 1.94. The van der Waals surface area contributed by atoms with Gasteiger partial charge in [0.1, 0.15) is 11.5 Å². The minimum atomic E-state index is 0.101. The van der Waals surface area contributed by atoms with Crippen molar-refractivity contribution in [1.29, 1.82) is 0 Å². The summed E-state index contributed by atoms with van der Waals surface area (Å²) in [5.41, 5.74) is 15.6. The van der Waals surface area contributed by atoms with E-state index in [1.807, 2.05) is 0 Å². The van der Waals surface area contributed by atoms with Crippen molar-refractivity contribution in [3.63, 3.8) is 0 Å². The van der Waals surface area contributed by atoms with Crippen molar-refractivity contribution >= 4 is 64.6 Å². The molecule has 0 aromatic heterocycles. The zero-order valence-electron chi connectivity index (χ0n) is 23.7. The molecule has 4 aromatic rings. The monoisotopic (exact) mass is 514 g/mol. The second kappa shape index (κ2) is 9.02. The van der Waals surface area contributed by atoms with E-state index in [-0.39, 0.29) is 12.1 Å². The molecule has 2 aliphatic heterocycles. The summed E-state index contributed by atoms with van der Waals surface area (Å²) in [4.78, 5) is 0. The van der Waals surface area contributed by atoms with Crippen molar-refractivity contribution in [3.8, 4) is 11.5 Å². The van der Waals surface area contributed by atoms with Crippen LogP contribution in [-0.4, -0.2) is 20.2 Å². The van der Waals surface area contributed by atoms with Gasteiger partial charge in [0, 0.05) is 17.6 Å². The van der Waals surface area contributed by atoms with E-state index >= 15 is 0 Å². The summed E-state index contributed by atoms with van der Waals surface area (Å²) in [5, 5.41) is 0. The fourth-order valence-corrected chi connectivity index (χ4v) is 6.89. The number of ether oxygens (including phenoxy) is 1. The number of para-hydroxylation sites is 1. The molecule has 0 N–H and O–H groups in total. The van der Waals surface area contributed by atoms with Crippen LogP contribution in [0.4, 0.5) is 11.4 Å². The molecule has 4 aromatic carbocycles. The van der Waals surface area contributed by atoms with Crippen molar-refractivity contribution in [2.75, 3.05) is 10.6 Å². The van der Waals surface area contributed by atoms with Crippen LogP contribution in [0.3, 0.4) is 0 Å². The third-order valence-electron chi connectivity index (χ3n) is 8.11. The van der Waals surface area contributed by atoms with Crippen molar-refractivity contribution in [2.24, 2.45) is 0 Å². The van der Waals surface area contributed by atoms with E-state index in [0.717, 1.165) is 11.5 Å². The molecule has 0 saturated carbocycles. The normalized spacial score (nSPS) is 13.7. The van der Waals surface area contributed by atoms with Gasteiger partial charge < -0.3 is 4.74 Å². The highest BCUT2D eigenvalue weighted by molar-refractivity contribution is 8.00. The molecule has 0 saturated heterocycles. The van der Waals surface area contributed by atoms with Crippen LogP contribution < -0.4 is 36.4 Å². The maximum absolute atomic E-state index is 6.46. The van der Waals surface area contributed by atoms with Gasteiger partial charge in [-0.25, -0.2) is 0 Å². The zero-order chi connectivity index (χ0) is 26.9. The number of anilines is 2. The first kappa shape index (κ1) is 25.2. The molecule has 0 unspecified atom stereocenters. The molecule has 2 heterocycles. The Hall–Kier alpha value is -3.04. The number of aryl methyl sites for hydroxylation is 4. The number of nitrogens with zero attached hydrogens (tertiary/aromatic N) is 1. The summed E-state index contributed by atoms with van der Waals surface area (Å²) < 4.78 is 8.88. The third kappa shape index (κ3) is 3.98. The Kier molecular flexibility index (Phi) is 5.99. The first-order chi connectivity index (χ1) is 18.1. The molecule has 189 valence electrons. The molecule has 0 aliphatic carbocycles. The van der Waals surface area contributed by atoms with E-state index in [2.05, 4.69) is 127 Å². The first-order valence-electron chi connectivity index (χ1n) is 13.4. The van der Waals surface area contributed by atoms with Gasteiger partial charge >= 0.3 is 0 Å². The molecule has 2 aliphatic rings. The number of benzene rings is 4. The second-order valence-electron chi connectivity index (χ2n) is 11.9. The van der Waals surface area contributed by atoms with Crippen LogP contribution in [0.25, 0.3) is 0 Å². The quantitative estimate of drug-likeness (QED) is 0.237. The minimum Gasteiger partial charge on any atom is -0.458 e. The zero-order valence-corrected chi connectivity index (χ0v) is 24.5. The third-order valence-corrected chi connectivity index (χ3v) is 8.87. The number of hydrogen-bond acceptors (Lipinski definition) is 3. The van der Waals surface area contributed by atoms with Crippen LogP contribution >= 0.6 is 11.9 Å². The number of fused-ring (bicyclic) bond motifs is 4. The Morgan fingerprint density at radius 1 is 0.789 bits per heavy atom. The van der Waals surface area contributed by atoms with Crippen molar-refractivity contribution in [3.05, 3.63) is 88.5 Å². The lowest BCUT2D eigenvalue weighted by Gasteiger charge is -2.36. The molecule has 2 nitrogen and oxygen atoms in total. The summed E-state index contributed by atoms with van der Waals surface area (Å²) in [7, 11) is 2.40. The van der Waals surface area contributed by atoms with Crippen LogP contribution in [-0.2, 0) is 5.41 Å². The Morgan fingerprint density at radius 3 is 2.29 bits per heavy atom. The largest absolute Gasteiger partial charge is 0.458 e. The van der Waals surface area contributed by atoms with E-state index in [0.29, 0.717) is 0 Å². The highest BCUT2D eigenvalue weighted by Crippen LogP contribution is 2.36. The molecule has 0 amide bonds. The highest BCUT2D eigenvalue weighted by atomic mass is 32.2. The molecular formula is C33H34B2NOS. The van der Waals surface area contributed by atoms with E-state index in [1.54, 1.807) is 11.9 Å². The summed E-state index contributed by atoms with van der Waals surface area (Å²) in [6.07, 6.45) is 2.18. The van der Waals surface area contributed by atoms with Gasteiger partial charge in [-0.05, 0) is 91.4 Å². The van der Waals surface area contributed by atoms with Crippen LogP contribution in [0.5, 0.6) is 11.5 Å². The fourth-order valence-electron chi connectivity index (χ4n) is 6.18. The maximum Gasteiger partial charge on any atom is 0.251 e. The molecule has 5 heteroatoms. The average molecular weight is 514 g/mol. The van der Waals surface area contributed by atoms with Crippen LogP contribution in [0.2, 0.25) is 0 Å². The van der Waals surface area contributed by atoms with Gasteiger partial charge in [-0.1, -0.05) is 90.2 Å². The molecule has 6 rings (SSSR count). The lowest BCUT2D eigenvalue weighted by molar-refractivity contribution is 0.486. The summed E-state index contributed by atoms with van der Waals surface area (Å²) >= 11 is 1.78. The predicted molar refractivity (Wildman–Crippen MR) is 169 cm³/mol. The van der Waals surface area contributed by atoms with Gasteiger partial charge in [0.15, 0.2) is 7.28 Å². The van der Waals surface area contributed by atoms with E-state index in [4.69, 9.17) is 4.74 Å². The van der Waals surface area contributed by atoms with Crippen LogP contribution in [0.15, 0.2) is 60.7 Å². The molecule has 1 radical (unpaired) electrons. The van der Waals surface area contributed by atoms with Gasteiger partial charge in [0.2, 0.25) is 0 Å². The molecule has 0 spiro atoms. The van der Waals surface area contributed by atoms with Crippen molar-refractivity contribution in [1.82, 2.24) is 0 Å². The van der Waals surface area contributed by atoms with Gasteiger partial charge in [-0.2, -0.15) is 0 Å². The molecule has 0 bridgehead atoms. The van der Waals surface area contributed by atoms with E-state index in [9.17, 15) is 0 Å². The fraction of sp³-hybridized carbons (Fsp3) is 0.273. The Morgan fingerprint density at radius 2 is 1.55 bits per heavy atom. The van der Waals surface area contributed by atoms with Gasteiger partial charge in [-0.3, -0.25) is 4.31 Å². The first-order valence-corrected chi connectivity index (χ1v) is 14.6. The Labute approximate surface area is 233 Å². The highest BCUT2D eigenvalue weighted by Gasteiger charge is 2.36. The molecule has 0 fully saturated rings. The Balaban J connectivity index is 1.55. The number of hydrogen-bond donors (Lipinski definition) is 0. The topological polar surface area (TPSA) is 12.5 Å². The van der Waals surface area contributed by atoms with E-state index < -0.39 is 0 Å². The lowest BCUT2D eigenvalue weighted by Crippen LogP contribution is -2.57. The second-order valence-corrected chi connectivity index (χ2v) is 12.7. The molecule has 38 heavy (non-hydrogen) atoms. The average Bonchev–Trinajstić information content (AvgIpc) is 2.85. The standard InChI is InChI=1S/C33H34B2NOS/c1-19-13-22(4)32-30(14-19)37-29-12-10-9-11-25(29)35(32)26-18-24-27(16-20(26)2)36(38-8)28-17-23(33(5,6)7)15-21(3)31(28)34-24/h9-18H,1-8H3.